The quantitative estimate of drug-likeness (QED) is 0.856. The third kappa shape index (κ3) is 4.45. The number of pyridine rings is 1. The minimum Gasteiger partial charge on any atom is -0.392 e. The van der Waals surface area contributed by atoms with Crippen LogP contribution in [-0.2, 0) is 6.42 Å². The molecule has 2 aromatic heterocycles. The standard InChI is InChI=1S/C17H26N4O2/c1-12(2)21(10-14(4)22)17(23)18-8-7-15-11-20-9-5-6-13(3)16(20)19-15/h5-6,9,11-12,14,22H,7-8,10H2,1-4H3,(H,18,23). The molecular weight excluding hydrogens is 292 g/mol. The summed E-state index contributed by atoms with van der Waals surface area (Å²) in [6.07, 6.45) is 4.10. The Kier molecular flexibility index (Phi) is 5.60. The number of nitrogens with one attached hydrogen (secondary N) is 1. The van der Waals surface area contributed by atoms with Gasteiger partial charge in [-0.1, -0.05) is 6.07 Å². The Morgan fingerprint density at radius 2 is 2.17 bits per heavy atom. The van der Waals surface area contributed by atoms with Crippen LogP contribution < -0.4 is 5.32 Å². The smallest absolute Gasteiger partial charge is 0.317 e. The van der Waals surface area contributed by atoms with Crippen molar-refractivity contribution in [3.63, 3.8) is 0 Å². The highest BCUT2D eigenvalue weighted by Gasteiger charge is 2.18. The number of hydrogen-bond donors (Lipinski definition) is 2. The zero-order chi connectivity index (χ0) is 17.0. The Bertz CT molecular complexity index is 664. The second-order valence-corrected chi connectivity index (χ2v) is 6.23. The number of urea groups is 1. The number of nitrogens with zero attached hydrogens (tertiary/aromatic N) is 3. The van der Waals surface area contributed by atoms with Gasteiger partial charge in [0.2, 0.25) is 0 Å². The number of aryl methyl sites for hydroxylation is 1. The van der Waals surface area contributed by atoms with Gasteiger partial charge in [-0.2, -0.15) is 0 Å². The van der Waals surface area contributed by atoms with Crippen molar-refractivity contribution < 1.29 is 9.90 Å². The van der Waals surface area contributed by atoms with E-state index in [9.17, 15) is 9.90 Å². The van der Waals surface area contributed by atoms with Gasteiger partial charge in [-0.05, 0) is 39.3 Å². The molecule has 0 aliphatic carbocycles. The van der Waals surface area contributed by atoms with Crippen LogP contribution in [0, 0.1) is 6.92 Å². The zero-order valence-electron chi connectivity index (χ0n) is 14.3. The molecule has 2 amide bonds. The fraction of sp³-hybridized carbons (Fsp3) is 0.529. The van der Waals surface area contributed by atoms with E-state index >= 15 is 0 Å². The van der Waals surface area contributed by atoms with Gasteiger partial charge in [0, 0.05) is 37.9 Å². The third-order valence-electron chi connectivity index (χ3n) is 3.73. The summed E-state index contributed by atoms with van der Waals surface area (Å²) in [5, 5.41) is 12.4. The van der Waals surface area contributed by atoms with E-state index in [0.717, 1.165) is 16.9 Å². The summed E-state index contributed by atoms with van der Waals surface area (Å²) in [5.74, 6) is 0. The maximum atomic E-state index is 12.2. The number of carbonyl (C=O) groups is 1. The molecule has 2 rings (SSSR count). The topological polar surface area (TPSA) is 69.9 Å². The number of amides is 2. The molecule has 2 N–H and O–H groups in total. The summed E-state index contributed by atoms with van der Waals surface area (Å²) in [5.41, 5.74) is 3.03. The van der Waals surface area contributed by atoms with Crippen LogP contribution in [-0.4, -0.2) is 50.7 Å². The first-order valence-corrected chi connectivity index (χ1v) is 8.04. The Labute approximate surface area is 137 Å². The van der Waals surface area contributed by atoms with Gasteiger partial charge < -0.3 is 19.7 Å². The Hall–Kier alpha value is -2.08. The first kappa shape index (κ1) is 17.3. The van der Waals surface area contributed by atoms with Crippen LogP contribution in [0.15, 0.2) is 24.5 Å². The maximum absolute atomic E-state index is 12.2. The summed E-state index contributed by atoms with van der Waals surface area (Å²) >= 11 is 0. The minimum atomic E-state index is -0.537. The van der Waals surface area contributed by atoms with Crippen LogP contribution in [0.2, 0.25) is 0 Å². The lowest BCUT2D eigenvalue weighted by Gasteiger charge is -2.28. The monoisotopic (exact) mass is 318 g/mol. The summed E-state index contributed by atoms with van der Waals surface area (Å²) in [7, 11) is 0. The summed E-state index contributed by atoms with van der Waals surface area (Å²) in [4.78, 5) is 18.4. The van der Waals surface area contributed by atoms with Crippen molar-refractivity contribution in [3.8, 4) is 0 Å². The van der Waals surface area contributed by atoms with Gasteiger partial charge in [0.15, 0.2) is 0 Å². The Morgan fingerprint density at radius 1 is 1.43 bits per heavy atom. The molecule has 6 heteroatoms. The maximum Gasteiger partial charge on any atom is 0.317 e. The highest BCUT2D eigenvalue weighted by molar-refractivity contribution is 5.74. The first-order valence-electron chi connectivity index (χ1n) is 8.04. The molecule has 2 aromatic rings. The van der Waals surface area contributed by atoms with Crippen LogP contribution in [0.4, 0.5) is 4.79 Å². The number of hydrogen-bond acceptors (Lipinski definition) is 3. The SMILES string of the molecule is Cc1cccn2cc(CCNC(=O)N(CC(C)O)C(C)C)nc12. The van der Waals surface area contributed by atoms with E-state index in [1.807, 2.05) is 49.7 Å². The molecule has 23 heavy (non-hydrogen) atoms. The lowest BCUT2D eigenvalue weighted by atomic mass is 10.3. The molecule has 0 saturated carbocycles. The number of carbonyl (C=O) groups excluding carboxylic acids is 1. The van der Waals surface area contributed by atoms with E-state index in [2.05, 4.69) is 10.3 Å². The van der Waals surface area contributed by atoms with Crippen LogP contribution in [0.5, 0.6) is 0 Å². The molecule has 0 fully saturated rings. The van der Waals surface area contributed by atoms with Gasteiger partial charge in [0.25, 0.3) is 0 Å². The Morgan fingerprint density at radius 3 is 2.78 bits per heavy atom. The Balaban J connectivity index is 1.92. The third-order valence-corrected chi connectivity index (χ3v) is 3.73. The van der Waals surface area contributed by atoms with Gasteiger partial charge in [0.05, 0.1) is 11.8 Å². The van der Waals surface area contributed by atoms with Crippen molar-refractivity contribution in [2.75, 3.05) is 13.1 Å². The number of aliphatic hydroxyl groups is 1. The second-order valence-electron chi connectivity index (χ2n) is 6.23. The van der Waals surface area contributed by atoms with Gasteiger partial charge in [0.1, 0.15) is 5.65 Å². The second kappa shape index (κ2) is 7.46. The molecule has 6 nitrogen and oxygen atoms in total. The highest BCUT2D eigenvalue weighted by Crippen LogP contribution is 2.10. The van der Waals surface area contributed by atoms with E-state index < -0.39 is 6.10 Å². The van der Waals surface area contributed by atoms with E-state index in [0.29, 0.717) is 19.5 Å². The van der Waals surface area contributed by atoms with Gasteiger partial charge in [-0.3, -0.25) is 0 Å². The minimum absolute atomic E-state index is 0.0439. The molecule has 126 valence electrons. The normalized spacial score (nSPS) is 12.6. The number of fused-ring (bicyclic) bond motifs is 1. The predicted molar refractivity (Wildman–Crippen MR) is 90.6 cm³/mol. The van der Waals surface area contributed by atoms with Gasteiger partial charge in [-0.25, -0.2) is 9.78 Å². The van der Waals surface area contributed by atoms with Crippen molar-refractivity contribution in [3.05, 3.63) is 35.8 Å². The number of aliphatic hydroxyl groups excluding tert-OH is 1. The molecule has 0 saturated heterocycles. The largest absolute Gasteiger partial charge is 0.392 e. The van der Waals surface area contributed by atoms with Gasteiger partial charge in [-0.15, -0.1) is 0 Å². The average Bonchev–Trinajstić information content (AvgIpc) is 2.88. The van der Waals surface area contributed by atoms with Crippen LogP contribution in [0.1, 0.15) is 32.0 Å². The molecule has 1 atom stereocenters. The van der Waals surface area contributed by atoms with Crippen molar-refractivity contribution in [2.45, 2.75) is 46.3 Å². The summed E-state index contributed by atoms with van der Waals surface area (Å²) < 4.78 is 2.00. The predicted octanol–water partition coefficient (Wildman–Crippen LogP) is 1.99. The van der Waals surface area contributed by atoms with E-state index in [-0.39, 0.29) is 12.1 Å². The van der Waals surface area contributed by atoms with Crippen LogP contribution in [0.25, 0.3) is 5.65 Å². The van der Waals surface area contributed by atoms with Crippen molar-refractivity contribution in [2.24, 2.45) is 0 Å². The molecule has 0 aliphatic heterocycles. The molecule has 0 spiro atoms. The molecular formula is C17H26N4O2. The van der Waals surface area contributed by atoms with Crippen molar-refractivity contribution in [1.82, 2.24) is 19.6 Å². The fourth-order valence-electron chi connectivity index (χ4n) is 2.54. The van der Waals surface area contributed by atoms with E-state index in [1.54, 1.807) is 11.8 Å². The lowest BCUT2D eigenvalue weighted by molar-refractivity contribution is 0.119. The molecule has 0 aromatic carbocycles. The molecule has 0 bridgehead atoms. The van der Waals surface area contributed by atoms with Crippen molar-refractivity contribution >= 4 is 11.7 Å². The number of aromatic nitrogens is 2. The number of rotatable bonds is 6. The molecule has 1 unspecified atom stereocenters. The fourth-order valence-corrected chi connectivity index (χ4v) is 2.54. The summed E-state index contributed by atoms with van der Waals surface area (Å²) in [6, 6.07) is 3.92. The van der Waals surface area contributed by atoms with Gasteiger partial charge >= 0.3 is 6.03 Å². The van der Waals surface area contributed by atoms with Crippen LogP contribution >= 0.6 is 0 Å². The average molecular weight is 318 g/mol. The molecule has 0 radical (unpaired) electrons. The highest BCUT2D eigenvalue weighted by atomic mass is 16.3. The lowest BCUT2D eigenvalue weighted by Crippen LogP contribution is -2.47. The van der Waals surface area contributed by atoms with E-state index in [4.69, 9.17) is 0 Å². The van der Waals surface area contributed by atoms with Crippen LogP contribution in [0.3, 0.4) is 0 Å². The molecule has 2 heterocycles. The zero-order valence-corrected chi connectivity index (χ0v) is 14.3. The number of imidazole rings is 1. The van der Waals surface area contributed by atoms with Crippen molar-refractivity contribution in [1.29, 1.82) is 0 Å². The first-order chi connectivity index (χ1) is 10.9. The molecule has 0 aliphatic rings. The van der Waals surface area contributed by atoms with E-state index in [1.165, 1.54) is 0 Å². The summed E-state index contributed by atoms with van der Waals surface area (Å²) in [6.45, 7) is 8.44.